The second-order valence-corrected chi connectivity index (χ2v) is 9.03. The van der Waals surface area contributed by atoms with Crippen LogP contribution in [0.1, 0.15) is 34.1 Å². The number of rotatable bonds is 8. The van der Waals surface area contributed by atoms with Crippen molar-refractivity contribution in [1.82, 2.24) is 9.97 Å². The molecule has 4 nitrogen and oxygen atoms in total. The summed E-state index contributed by atoms with van der Waals surface area (Å²) >= 11 is 0. The summed E-state index contributed by atoms with van der Waals surface area (Å²) in [7, 11) is 3.40. The summed E-state index contributed by atoms with van der Waals surface area (Å²) in [6.07, 6.45) is 16.6. The summed E-state index contributed by atoms with van der Waals surface area (Å²) in [5.41, 5.74) is 4.94. The third-order valence-electron chi connectivity index (χ3n) is 7.10. The molecule has 1 aliphatic carbocycles. The molecular formula is C32H30N2O2. The number of hydrogen-bond donors (Lipinski definition) is 0. The maximum atomic E-state index is 5.42. The molecule has 1 aliphatic rings. The lowest BCUT2D eigenvalue weighted by Gasteiger charge is -2.51. The molecule has 0 amide bonds. The van der Waals surface area contributed by atoms with E-state index in [-0.39, 0.29) is 0 Å². The molecule has 1 saturated carbocycles. The van der Waals surface area contributed by atoms with Crippen molar-refractivity contribution in [3.63, 3.8) is 0 Å². The minimum atomic E-state index is 0.333. The number of methoxy groups -OCH3 is 2. The van der Waals surface area contributed by atoms with Crippen LogP contribution in [0.5, 0.6) is 11.5 Å². The normalized spacial score (nSPS) is 21.4. The Morgan fingerprint density at radius 1 is 0.528 bits per heavy atom. The van der Waals surface area contributed by atoms with E-state index in [0.717, 1.165) is 22.6 Å². The van der Waals surface area contributed by atoms with E-state index >= 15 is 0 Å². The average Bonchev–Trinajstić information content (AvgIpc) is 2.94. The maximum absolute atomic E-state index is 5.42. The maximum Gasteiger partial charge on any atom is 0.118 e. The highest BCUT2D eigenvalue weighted by molar-refractivity contribution is 5.55. The van der Waals surface area contributed by atoms with Gasteiger partial charge in [-0.25, -0.2) is 0 Å². The summed E-state index contributed by atoms with van der Waals surface area (Å²) in [4.78, 5) is 8.43. The molecule has 4 aromatic rings. The number of hydrogen-bond acceptors (Lipinski definition) is 4. The molecule has 0 spiro atoms. The first-order chi connectivity index (χ1) is 17.8. The van der Waals surface area contributed by atoms with E-state index in [0.29, 0.717) is 23.7 Å². The molecule has 0 bridgehead atoms. The molecule has 5 rings (SSSR count). The van der Waals surface area contributed by atoms with E-state index in [1.165, 1.54) is 11.1 Å². The lowest BCUT2D eigenvalue weighted by molar-refractivity contribution is 0.177. The van der Waals surface area contributed by atoms with Gasteiger partial charge in [-0.05, 0) is 94.5 Å². The number of aromatic nitrogens is 2. The summed E-state index contributed by atoms with van der Waals surface area (Å²) in [6, 6.07) is 25.1. The van der Waals surface area contributed by atoms with Crippen LogP contribution in [0.3, 0.4) is 0 Å². The standard InChI is InChI=1S/C32H30N2O2/c1-35-27-9-3-23(4-10-27)5-13-30-29(14-6-24-15-19-33-20-16-24)31(25-7-11-28(36-2)12-8-25)32(30)26-17-21-34-22-18-26/h3-22,29-32H,1-2H3/b13-5+,14-6+/t29-,30+,31+,32-/m1/s1. The molecule has 0 saturated heterocycles. The van der Waals surface area contributed by atoms with E-state index in [1.54, 1.807) is 14.2 Å². The Morgan fingerprint density at radius 3 is 1.44 bits per heavy atom. The smallest absolute Gasteiger partial charge is 0.118 e. The van der Waals surface area contributed by atoms with Gasteiger partial charge in [0, 0.05) is 24.8 Å². The minimum absolute atomic E-state index is 0.333. The van der Waals surface area contributed by atoms with E-state index in [2.05, 4.69) is 82.8 Å². The third kappa shape index (κ3) is 5.08. The van der Waals surface area contributed by atoms with E-state index in [9.17, 15) is 0 Å². The Hall–Kier alpha value is -4.18. The first-order valence-corrected chi connectivity index (χ1v) is 12.2. The highest BCUT2D eigenvalue weighted by atomic mass is 16.5. The summed E-state index contributed by atoms with van der Waals surface area (Å²) < 4.78 is 10.7. The number of allylic oxidation sites excluding steroid dienone is 2. The molecule has 4 heteroatoms. The molecule has 4 atom stereocenters. The van der Waals surface area contributed by atoms with Crippen molar-refractivity contribution in [3.05, 3.63) is 132 Å². The van der Waals surface area contributed by atoms with Crippen LogP contribution in [0.2, 0.25) is 0 Å². The van der Waals surface area contributed by atoms with Crippen LogP contribution in [-0.4, -0.2) is 24.2 Å². The SMILES string of the molecule is COc1ccc(/C=C/[C@H]2[C@@H](/C=C/c3ccncc3)[C@H](c3ccc(OC)cc3)[C@@H]2c2ccncc2)cc1. The van der Waals surface area contributed by atoms with Gasteiger partial charge in [-0.3, -0.25) is 9.97 Å². The Balaban J connectivity index is 1.53. The quantitative estimate of drug-likeness (QED) is 0.275. The summed E-state index contributed by atoms with van der Waals surface area (Å²) in [5, 5.41) is 0. The highest BCUT2D eigenvalue weighted by Gasteiger charge is 2.48. The van der Waals surface area contributed by atoms with Gasteiger partial charge < -0.3 is 9.47 Å². The fraction of sp³-hybridized carbons (Fsp3) is 0.188. The molecule has 0 unspecified atom stereocenters. The van der Waals surface area contributed by atoms with Crippen LogP contribution in [0.25, 0.3) is 12.2 Å². The molecule has 2 aromatic carbocycles. The summed E-state index contributed by atoms with van der Waals surface area (Å²) in [6.45, 7) is 0. The van der Waals surface area contributed by atoms with Gasteiger partial charge in [-0.1, -0.05) is 48.6 Å². The molecule has 2 heterocycles. The number of ether oxygens (including phenoxy) is 2. The monoisotopic (exact) mass is 474 g/mol. The lowest BCUT2D eigenvalue weighted by Crippen LogP contribution is -2.41. The van der Waals surface area contributed by atoms with Crippen LogP contribution < -0.4 is 9.47 Å². The van der Waals surface area contributed by atoms with Gasteiger partial charge in [-0.15, -0.1) is 0 Å². The van der Waals surface area contributed by atoms with Crippen molar-refractivity contribution < 1.29 is 9.47 Å². The van der Waals surface area contributed by atoms with Gasteiger partial charge in [0.1, 0.15) is 11.5 Å². The van der Waals surface area contributed by atoms with Crippen molar-refractivity contribution in [2.45, 2.75) is 11.8 Å². The number of pyridine rings is 2. The predicted octanol–water partition coefficient (Wildman–Crippen LogP) is 7.03. The largest absolute Gasteiger partial charge is 0.497 e. The Morgan fingerprint density at radius 2 is 0.944 bits per heavy atom. The second kappa shape index (κ2) is 11.0. The van der Waals surface area contributed by atoms with E-state index < -0.39 is 0 Å². The van der Waals surface area contributed by atoms with Gasteiger partial charge in [0.2, 0.25) is 0 Å². The Kier molecular flexibility index (Phi) is 7.23. The molecular weight excluding hydrogens is 444 g/mol. The van der Waals surface area contributed by atoms with Crippen molar-refractivity contribution >= 4 is 12.2 Å². The molecule has 0 radical (unpaired) electrons. The zero-order valence-electron chi connectivity index (χ0n) is 20.6. The first-order valence-electron chi connectivity index (χ1n) is 12.2. The first kappa shape index (κ1) is 23.6. The van der Waals surface area contributed by atoms with Gasteiger partial charge in [0.05, 0.1) is 14.2 Å². The van der Waals surface area contributed by atoms with Crippen LogP contribution in [0, 0.1) is 11.8 Å². The van der Waals surface area contributed by atoms with Crippen LogP contribution in [0.4, 0.5) is 0 Å². The second-order valence-electron chi connectivity index (χ2n) is 9.03. The van der Waals surface area contributed by atoms with Crippen LogP contribution >= 0.6 is 0 Å². The predicted molar refractivity (Wildman–Crippen MR) is 145 cm³/mol. The van der Waals surface area contributed by atoms with Gasteiger partial charge in [0.25, 0.3) is 0 Å². The fourth-order valence-corrected chi connectivity index (χ4v) is 5.21. The molecule has 180 valence electrons. The fourth-order valence-electron chi connectivity index (χ4n) is 5.21. The zero-order valence-corrected chi connectivity index (χ0v) is 20.6. The van der Waals surface area contributed by atoms with Crippen molar-refractivity contribution in [3.8, 4) is 11.5 Å². The zero-order chi connectivity index (χ0) is 24.7. The minimum Gasteiger partial charge on any atom is -0.497 e. The van der Waals surface area contributed by atoms with E-state index in [4.69, 9.17) is 9.47 Å². The molecule has 2 aromatic heterocycles. The van der Waals surface area contributed by atoms with Gasteiger partial charge in [-0.2, -0.15) is 0 Å². The Bertz CT molecular complexity index is 1300. The Labute approximate surface area is 213 Å². The van der Waals surface area contributed by atoms with Gasteiger partial charge in [0.15, 0.2) is 0 Å². The van der Waals surface area contributed by atoms with Crippen molar-refractivity contribution in [2.24, 2.45) is 11.8 Å². The van der Waals surface area contributed by atoms with E-state index in [1.807, 2.05) is 49.1 Å². The molecule has 0 aliphatic heterocycles. The number of nitrogens with zero attached hydrogens (tertiary/aromatic N) is 2. The topological polar surface area (TPSA) is 44.2 Å². The van der Waals surface area contributed by atoms with Crippen LogP contribution in [0.15, 0.2) is 110 Å². The highest BCUT2D eigenvalue weighted by Crippen LogP contribution is 2.59. The lowest BCUT2D eigenvalue weighted by atomic mass is 9.52. The molecule has 1 fully saturated rings. The number of benzene rings is 2. The summed E-state index contributed by atoms with van der Waals surface area (Å²) in [5.74, 6) is 3.07. The van der Waals surface area contributed by atoms with Crippen molar-refractivity contribution in [2.75, 3.05) is 14.2 Å². The van der Waals surface area contributed by atoms with Gasteiger partial charge >= 0.3 is 0 Å². The third-order valence-corrected chi connectivity index (χ3v) is 7.10. The van der Waals surface area contributed by atoms with Crippen molar-refractivity contribution in [1.29, 1.82) is 0 Å². The molecule has 0 N–H and O–H groups in total. The molecule has 36 heavy (non-hydrogen) atoms. The van der Waals surface area contributed by atoms with Crippen LogP contribution in [-0.2, 0) is 0 Å². The average molecular weight is 475 g/mol.